The molecule has 0 aliphatic rings. The molecule has 0 unspecified atom stereocenters. The molecule has 3 aromatic rings. The van der Waals surface area contributed by atoms with Crippen molar-refractivity contribution in [1.82, 2.24) is 0 Å². The molecule has 0 saturated carbocycles. The van der Waals surface area contributed by atoms with Crippen LogP contribution in [0.25, 0.3) is 11.3 Å². The summed E-state index contributed by atoms with van der Waals surface area (Å²) in [6.45, 7) is 2.51. The van der Waals surface area contributed by atoms with Crippen LogP contribution in [0.1, 0.15) is 29.5 Å². The lowest BCUT2D eigenvalue weighted by Crippen LogP contribution is -2.12. The summed E-state index contributed by atoms with van der Waals surface area (Å²) < 4.78 is 11.1. The van der Waals surface area contributed by atoms with E-state index in [9.17, 15) is 4.79 Å². The highest BCUT2D eigenvalue weighted by Gasteiger charge is 2.09. The van der Waals surface area contributed by atoms with Crippen molar-refractivity contribution in [3.8, 4) is 17.1 Å². The SMILES string of the molecule is CCCOc1cccc(C(=O)Nc2cccc(-c3ccc(CO)o3)c2)c1. The molecule has 0 atom stereocenters. The highest BCUT2D eigenvalue weighted by atomic mass is 16.5. The van der Waals surface area contributed by atoms with Crippen molar-refractivity contribution in [3.63, 3.8) is 0 Å². The van der Waals surface area contributed by atoms with E-state index >= 15 is 0 Å². The summed E-state index contributed by atoms with van der Waals surface area (Å²) in [6.07, 6.45) is 0.911. The van der Waals surface area contributed by atoms with Crippen molar-refractivity contribution in [3.05, 3.63) is 72.0 Å². The highest BCUT2D eigenvalue weighted by molar-refractivity contribution is 6.04. The Kier molecular flexibility index (Phi) is 5.71. The maximum atomic E-state index is 12.5. The minimum atomic E-state index is -0.209. The third-order valence-corrected chi connectivity index (χ3v) is 3.79. The van der Waals surface area contributed by atoms with E-state index in [1.165, 1.54) is 0 Å². The van der Waals surface area contributed by atoms with Gasteiger partial charge in [0.15, 0.2) is 0 Å². The molecule has 134 valence electrons. The number of benzene rings is 2. The Labute approximate surface area is 152 Å². The van der Waals surface area contributed by atoms with Gasteiger partial charge in [-0.25, -0.2) is 0 Å². The molecule has 0 aliphatic heterocycles. The van der Waals surface area contributed by atoms with Gasteiger partial charge in [-0.15, -0.1) is 0 Å². The van der Waals surface area contributed by atoms with Gasteiger partial charge < -0.3 is 19.6 Å². The van der Waals surface area contributed by atoms with Crippen LogP contribution in [0.3, 0.4) is 0 Å². The smallest absolute Gasteiger partial charge is 0.255 e. The summed E-state index contributed by atoms with van der Waals surface area (Å²) in [5, 5.41) is 12.0. The normalized spacial score (nSPS) is 10.5. The van der Waals surface area contributed by atoms with Crippen LogP contribution in [0.2, 0.25) is 0 Å². The molecule has 26 heavy (non-hydrogen) atoms. The van der Waals surface area contributed by atoms with Gasteiger partial charge in [0.05, 0.1) is 6.61 Å². The quantitative estimate of drug-likeness (QED) is 0.658. The van der Waals surface area contributed by atoms with E-state index in [0.29, 0.717) is 35.1 Å². The van der Waals surface area contributed by atoms with Gasteiger partial charge in [0.1, 0.15) is 23.9 Å². The summed E-state index contributed by atoms with van der Waals surface area (Å²) in [5.74, 6) is 1.61. The number of carbonyl (C=O) groups is 1. The first-order chi connectivity index (χ1) is 12.7. The van der Waals surface area contributed by atoms with Crippen molar-refractivity contribution in [1.29, 1.82) is 0 Å². The van der Waals surface area contributed by atoms with Crippen molar-refractivity contribution in [2.75, 3.05) is 11.9 Å². The number of ether oxygens (including phenoxy) is 1. The molecule has 3 rings (SSSR count). The number of hydrogen-bond acceptors (Lipinski definition) is 4. The number of anilines is 1. The number of furan rings is 1. The first kappa shape index (κ1) is 17.8. The first-order valence-electron chi connectivity index (χ1n) is 8.54. The van der Waals surface area contributed by atoms with Gasteiger partial charge in [0.2, 0.25) is 0 Å². The molecule has 5 nitrogen and oxygen atoms in total. The lowest BCUT2D eigenvalue weighted by atomic mass is 10.1. The second-order valence-corrected chi connectivity index (χ2v) is 5.84. The second-order valence-electron chi connectivity index (χ2n) is 5.84. The Morgan fingerprint density at radius 3 is 2.73 bits per heavy atom. The van der Waals surface area contributed by atoms with Crippen LogP contribution in [-0.4, -0.2) is 17.6 Å². The van der Waals surface area contributed by atoms with E-state index in [4.69, 9.17) is 14.3 Å². The van der Waals surface area contributed by atoms with Crippen LogP contribution in [-0.2, 0) is 6.61 Å². The predicted octanol–water partition coefficient (Wildman–Crippen LogP) is 4.48. The van der Waals surface area contributed by atoms with E-state index < -0.39 is 0 Å². The Hall–Kier alpha value is -3.05. The number of nitrogens with one attached hydrogen (secondary N) is 1. The van der Waals surface area contributed by atoms with Crippen LogP contribution in [0.5, 0.6) is 5.75 Å². The predicted molar refractivity (Wildman–Crippen MR) is 100 cm³/mol. The molecule has 2 aromatic carbocycles. The summed E-state index contributed by atoms with van der Waals surface area (Å²) in [5.41, 5.74) is 2.02. The zero-order chi connectivity index (χ0) is 18.4. The third-order valence-electron chi connectivity index (χ3n) is 3.79. The summed E-state index contributed by atoms with van der Waals surface area (Å²) >= 11 is 0. The zero-order valence-corrected chi connectivity index (χ0v) is 14.6. The van der Waals surface area contributed by atoms with Crippen LogP contribution >= 0.6 is 0 Å². The molecule has 1 heterocycles. The number of rotatable bonds is 7. The fourth-order valence-corrected chi connectivity index (χ4v) is 2.52. The molecule has 0 bridgehead atoms. The Morgan fingerprint density at radius 2 is 1.96 bits per heavy atom. The number of aliphatic hydroxyl groups excluding tert-OH is 1. The van der Waals surface area contributed by atoms with Crippen LogP contribution in [0.4, 0.5) is 5.69 Å². The number of aliphatic hydroxyl groups is 1. The van der Waals surface area contributed by atoms with Gasteiger partial charge in [0, 0.05) is 16.8 Å². The average molecular weight is 351 g/mol. The van der Waals surface area contributed by atoms with E-state index in [0.717, 1.165) is 12.0 Å². The maximum absolute atomic E-state index is 12.5. The molecule has 0 spiro atoms. The zero-order valence-electron chi connectivity index (χ0n) is 14.6. The molecule has 2 N–H and O–H groups in total. The Bertz CT molecular complexity index is 885. The van der Waals surface area contributed by atoms with Crippen molar-refractivity contribution < 1.29 is 19.1 Å². The minimum absolute atomic E-state index is 0.146. The molecule has 1 aromatic heterocycles. The lowest BCUT2D eigenvalue weighted by Gasteiger charge is -2.09. The van der Waals surface area contributed by atoms with Crippen molar-refractivity contribution in [2.45, 2.75) is 20.0 Å². The molecule has 0 fully saturated rings. The molecule has 0 aliphatic carbocycles. The van der Waals surface area contributed by atoms with Crippen molar-refractivity contribution in [2.24, 2.45) is 0 Å². The minimum Gasteiger partial charge on any atom is -0.494 e. The van der Waals surface area contributed by atoms with Gasteiger partial charge in [0.25, 0.3) is 5.91 Å². The number of amides is 1. The molecule has 5 heteroatoms. The summed E-state index contributed by atoms with van der Waals surface area (Å²) in [7, 11) is 0. The van der Waals surface area contributed by atoms with E-state index in [1.807, 2.05) is 37.3 Å². The van der Waals surface area contributed by atoms with Crippen LogP contribution in [0.15, 0.2) is 65.1 Å². The fraction of sp³-hybridized carbons (Fsp3) is 0.190. The topological polar surface area (TPSA) is 71.7 Å². The maximum Gasteiger partial charge on any atom is 0.255 e. The first-order valence-corrected chi connectivity index (χ1v) is 8.54. The third kappa shape index (κ3) is 4.32. The number of carbonyl (C=O) groups excluding carboxylic acids is 1. The largest absolute Gasteiger partial charge is 0.494 e. The standard InChI is InChI=1S/C21H21NO4/c1-2-11-25-18-8-4-6-16(13-18)21(24)22-17-7-3-5-15(12-17)20-10-9-19(14-23)26-20/h3-10,12-13,23H,2,11,14H2,1H3,(H,22,24). The Morgan fingerprint density at radius 1 is 1.12 bits per heavy atom. The number of hydrogen-bond donors (Lipinski definition) is 2. The van der Waals surface area contributed by atoms with Crippen LogP contribution < -0.4 is 10.1 Å². The van der Waals surface area contributed by atoms with E-state index in [2.05, 4.69) is 5.32 Å². The molecular weight excluding hydrogens is 330 g/mol. The summed E-state index contributed by atoms with van der Waals surface area (Å²) in [6, 6.07) is 18.0. The van der Waals surface area contributed by atoms with E-state index in [-0.39, 0.29) is 12.5 Å². The van der Waals surface area contributed by atoms with E-state index in [1.54, 1.807) is 30.3 Å². The fourth-order valence-electron chi connectivity index (χ4n) is 2.52. The molecular formula is C21H21NO4. The van der Waals surface area contributed by atoms with Gasteiger partial charge >= 0.3 is 0 Å². The second kappa shape index (κ2) is 8.36. The molecule has 0 radical (unpaired) electrons. The monoisotopic (exact) mass is 351 g/mol. The lowest BCUT2D eigenvalue weighted by molar-refractivity contribution is 0.102. The summed E-state index contributed by atoms with van der Waals surface area (Å²) in [4.78, 5) is 12.5. The van der Waals surface area contributed by atoms with Gasteiger partial charge in [-0.3, -0.25) is 4.79 Å². The molecule has 1 amide bonds. The highest BCUT2D eigenvalue weighted by Crippen LogP contribution is 2.25. The van der Waals surface area contributed by atoms with Crippen molar-refractivity contribution >= 4 is 11.6 Å². The molecule has 0 saturated heterocycles. The van der Waals surface area contributed by atoms with Gasteiger partial charge in [-0.05, 0) is 48.9 Å². The van der Waals surface area contributed by atoms with Gasteiger partial charge in [-0.2, -0.15) is 0 Å². The van der Waals surface area contributed by atoms with Gasteiger partial charge in [-0.1, -0.05) is 25.1 Å². The Balaban J connectivity index is 1.74. The average Bonchev–Trinajstić information content (AvgIpc) is 3.16. The van der Waals surface area contributed by atoms with Crippen LogP contribution in [0, 0.1) is 0 Å².